The zero-order valence-corrected chi connectivity index (χ0v) is 9.59. The van der Waals surface area contributed by atoms with Gasteiger partial charge in [-0.05, 0) is 38.3 Å². The number of alkyl halides is 3. The van der Waals surface area contributed by atoms with Crippen LogP contribution in [-0.4, -0.2) is 28.1 Å². The van der Waals surface area contributed by atoms with Crippen molar-refractivity contribution in [2.75, 3.05) is 13.1 Å². The molecular weight excluding hydrogens is 233 g/mol. The van der Waals surface area contributed by atoms with Gasteiger partial charge < -0.3 is 5.32 Å². The molecule has 17 heavy (non-hydrogen) atoms. The van der Waals surface area contributed by atoms with Crippen LogP contribution in [0.4, 0.5) is 13.2 Å². The molecule has 1 aliphatic rings. The lowest BCUT2D eigenvalue weighted by molar-refractivity contribution is -0.142. The molecular formula is C10H15F3N4. The van der Waals surface area contributed by atoms with Crippen LogP contribution in [0.1, 0.15) is 24.2 Å². The van der Waals surface area contributed by atoms with Gasteiger partial charge in [-0.25, -0.2) is 0 Å². The predicted molar refractivity (Wildman–Crippen MR) is 55.3 cm³/mol. The fraction of sp³-hybridized carbons (Fsp3) is 0.800. The van der Waals surface area contributed by atoms with Gasteiger partial charge in [0.15, 0.2) is 5.69 Å². The molecule has 1 aliphatic heterocycles. The zero-order chi connectivity index (χ0) is 12.5. The van der Waals surface area contributed by atoms with Crippen molar-refractivity contribution in [1.29, 1.82) is 0 Å². The van der Waals surface area contributed by atoms with E-state index in [-0.39, 0.29) is 11.6 Å². The number of halogens is 3. The standard InChI is InChI=1S/C10H15F3N4/c1-17-15-8(9(16-17)10(11,12)13)6-7-2-4-14-5-3-7/h7,14H,2-6H2,1H3. The molecule has 2 rings (SSSR count). The Hall–Kier alpha value is -1.11. The highest BCUT2D eigenvalue weighted by molar-refractivity contribution is 5.13. The Kier molecular flexibility index (Phi) is 3.37. The van der Waals surface area contributed by atoms with Gasteiger partial charge in [-0.15, -0.1) is 5.10 Å². The van der Waals surface area contributed by atoms with Crippen LogP contribution in [0.25, 0.3) is 0 Å². The van der Waals surface area contributed by atoms with Crippen LogP contribution in [0.5, 0.6) is 0 Å². The number of nitrogens with one attached hydrogen (secondary N) is 1. The van der Waals surface area contributed by atoms with Crippen molar-refractivity contribution < 1.29 is 13.2 Å². The predicted octanol–water partition coefficient (Wildman–Crippen LogP) is 1.38. The Labute approximate surface area is 97.2 Å². The molecule has 2 heterocycles. The lowest BCUT2D eigenvalue weighted by atomic mass is 9.92. The van der Waals surface area contributed by atoms with Crippen molar-refractivity contribution in [3.05, 3.63) is 11.4 Å². The first-order valence-electron chi connectivity index (χ1n) is 5.65. The lowest BCUT2D eigenvalue weighted by Gasteiger charge is -2.21. The molecule has 1 fully saturated rings. The Morgan fingerprint density at radius 1 is 1.29 bits per heavy atom. The van der Waals surface area contributed by atoms with E-state index in [1.54, 1.807) is 0 Å². The fourth-order valence-corrected chi connectivity index (χ4v) is 2.16. The normalized spacial score (nSPS) is 18.6. The van der Waals surface area contributed by atoms with Crippen molar-refractivity contribution in [3.8, 4) is 0 Å². The number of rotatable bonds is 2. The molecule has 0 saturated carbocycles. The molecule has 1 N–H and O–H groups in total. The van der Waals surface area contributed by atoms with Gasteiger partial charge in [0.2, 0.25) is 0 Å². The van der Waals surface area contributed by atoms with Gasteiger partial charge in [-0.3, -0.25) is 0 Å². The first kappa shape index (κ1) is 12.3. The molecule has 0 unspecified atom stereocenters. The van der Waals surface area contributed by atoms with Crippen LogP contribution < -0.4 is 5.32 Å². The minimum absolute atomic E-state index is 0.0758. The van der Waals surface area contributed by atoms with Crippen molar-refractivity contribution in [1.82, 2.24) is 20.3 Å². The van der Waals surface area contributed by atoms with Gasteiger partial charge in [0.1, 0.15) is 0 Å². The summed E-state index contributed by atoms with van der Waals surface area (Å²) in [5.74, 6) is 0.272. The third-order valence-corrected chi connectivity index (χ3v) is 2.99. The van der Waals surface area contributed by atoms with Gasteiger partial charge in [0, 0.05) is 7.05 Å². The lowest BCUT2D eigenvalue weighted by Crippen LogP contribution is -2.29. The molecule has 1 aromatic rings. The van der Waals surface area contributed by atoms with E-state index in [0.717, 1.165) is 30.7 Å². The second-order valence-corrected chi connectivity index (χ2v) is 4.38. The minimum Gasteiger partial charge on any atom is -0.317 e. The quantitative estimate of drug-likeness (QED) is 0.859. The van der Waals surface area contributed by atoms with E-state index < -0.39 is 11.9 Å². The van der Waals surface area contributed by atoms with E-state index in [1.165, 1.54) is 7.05 Å². The molecule has 0 aromatic carbocycles. The van der Waals surface area contributed by atoms with Crippen molar-refractivity contribution >= 4 is 0 Å². The summed E-state index contributed by atoms with van der Waals surface area (Å²) in [6.07, 6.45) is -2.25. The highest BCUT2D eigenvalue weighted by Crippen LogP contribution is 2.31. The van der Waals surface area contributed by atoms with Gasteiger partial charge >= 0.3 is 6.18 Å². The third-order valence-electron chi connectivity index (χ3n) is 2.99. The molecule has 1 saturated heterocycles. The van der Waals surface area contributed by atoms with Crippen molar-refractivity contribution in [2.24, 2.45) is 13.0 Å². The summed E-state index contributed by atoms with van der Waals surface area (Å²) >= 11 is 0. The van der Waals surface area contributed by atoms with E-state index in [9.17, 15) is 13.2 Å². The summed E-state index contributed by atoms with van der Waals surface area (Å²) in [6, 6.07) is 0. The number of nitrogens with zero attached hydrogens (tertiary/aromatic N) is 3. The van der Waals surface area contributed by atoms with Gasteiger partial charge in [0.05, 0.1) is 5.69 Å². The Morgan fingerprint density at radius 3 is 2.53 bits per heavy atom. The monoisotopic (exact) mass is 248 g/mol. The molecule has 0 atom stereocenters. The van der Waals surface area contributed by atoms with Crippen molar-refractivity contribution in [3.63, 3.8) is 0 Å². The summed E-state index contributed by atoms with van der Waals surface area (Å²) in [4.78, 5) is 0.999. The van der Waals surface area contributed by atoms with E-state index >= 15 is 0 Å². The van der Waals surface area contributed by atoms with Gasteiger partial charge in [-0.1, -0.05) is 0 Å². The van der Waals surface area contributed by atoms with Gasteiger partial charge in [0.25, 0.3) is 0 Å². The van der Waals surface area contributed by atoms with E-state index in [1.807, 2.05) is 0 Å². The summed E-state index contributed by atoms with van der Waals surface area (Å²) in [5, 5.41) is 10.4. The SMILES string of the molecule is Cn1nc(CC2CCNCC2)c(C(F)(F)F)n1. The van der Waals surface area contributed by atoms with Crippen molar-refractivity contribution in [2.45, 2.75) is 25.4 Å². The number of aromatic nitrogens is 3. The Morgan fingerprint density at radius 2 is 1.94 bits per heavy atom. The molecule has 96 valence electrons. The molecule has 1 aromatic heterocycles. The topological polar surface area (TPSA) is 42.7 Å². The average Bonchev–Trinajstić information content (AvgIpc) is 2.60. The summed E-state index contributed by atoms with van der Waals surface area (Å²) in [5.41, 5.74) is -0.759. The highest BCUT2D eigenvalue weighted by Gasteiger charge is 2.38. The van der Waals surface area contributed by atoms with Gasteiger partial charge in [-0.2, -0.15) is 23.1 Å². The van der Waals surface area contributed by atoms with Crippen LogP contribution in [-0.2, 0) is 19.6 Å². The smallest absolute Gasteiger partial charge is 0.317 e. The number of hydrogen-bond donors (Lipinski definition) is 1. The maximum atomic E-state index is 12.7. The van der Waals surface area contributed by atoms with E-state index in [0.29, 0.717) is 6.42 Å². The minimum atomic E-state index is -4.41. The highest BCUT2D eigenvalue weighted by atomic mass is 19.4. The summed E-state index contributed by atoms with van der Waals surface area (Å²) in [7, 11) is 1.42. The Balaban J connectivity index is 2.14. The van der Waals surface area contributed by atoms with E-state index in [4.69, 9.17) is 0 Å². The third kappa shape index (κ3) is 2.96. The Bertz CT molecular complexity index is 379. The molecule has 0 aliphatic carbocycles. The molecule has 0 amide bonds. The van der Waals surface area contributed by atoms with Crippen LogP contribution in [0.15, 0.2) is 0 Å². The zero-order valence-electron chi connectivity index (χ0n) is 9.59. The summed E-state index contributed by atoms with van der Waals surface area (Å²) < 4.78 is 38.1. The maximum absolute atomic E-state index is 12.7. The number of hydrogen-bond acceptors (Lipinski definition) is 3. The maximum Gasteiger partial charge on any atom is 0.437 e. The fourth-order valence-electron chi connectivity index (χ4n) is 2.16. The second-order valence-electron chi connectivity index (χ2n) is 4.38. The molecule has 0 spiro atoms. The van der Waals surface area contributed by atoms with Crippen LogP contribution >= 0.6 is 0 Å². The average molecular weight is 248 g/mol. The molecule has 7 heteroatoms. The molecule has 4 nitrogen and oxygen atoms in total. The number of aryl methyl sites for hydroxylation is 1. The largest absolute Gasteiger partial charge is 0.437 e. The van der Waals surface area contributed by atoms with Crippen LogP contribution in [0.3, 0.4) is 0 Å². The molecule has 0 radical (unpaired) electrons. The van der Waals surface area contributed by atoms with Crippen LogP contribution in [0.2, 0.25) is 0 Å². The first-order chi connectivity index (χ1) is 7.97. The van der Waals surface area contributed by atoms with E-state index in [2.05, 4.69) is 15.5 Å². The first-order valence-corrected chi connectivity index (χ1v) is 5.65. The summed E-state index contributed by atoms with van der Waals surface area (Å²) in [6.45, 7) is 1.73. The second kappa shape index (κ2) is 4.64. The number of piperidine rings is 1. The van der Waals surface area contributed by atoms with Crippen LogP contribution in [0, 0.1) is 5.92 Å². The molecule has 0 bridgehead atoms.